The Kier molecular flexibility index (Phi) is 6.01. The molecule has 1 amide bonds. The molecule has 7 nitrogen and oxygen atoms in total. The van der Waals surface area contributed by atoms with Gasteiger partial charge in [0.25, 0.3) is 5.91 Å². The average molecular weight is 418 g/mol. The maximum absolute atomic E-state index is 12.6. The molecule has 0 aliphatic carbocycles. The largest absolute Gasteiger partial charge is 0.455 e. The van der Waals surface area contributed by atoms with Gasteiger partial charge >= 0.3 is 5.97 Å². The first kappa shape index (κ1) is 20.1. The lowest BCUT2D eigenvalue weighted by Crippen LogP contribution is -2.49. The molecule has 0 N–H and O–H groups in total. The number of anilines is 1. The molecule has 29 heavy (non-hydrogen) atoms. The van der Waals surface area contributed by atoms with E-state index in [4.69, 9.17) is 14.5 Å². The molecular formula is C21H27N3O4S. The Morgan fingerprint density at radius 1 is 1.21 bits per heavy atom. The number of carbonyl (C=O) groups is 2. The Morgan fingerprint density at radius 3 is 2.72 bits per heavy atom. The lowest BCUT2D eigenvalue weighted by atomic mass is 9.99. The van der Waals surface area contributed by atoms with Crippen molar-refractivity contribution in [2.24, 2.45) is 5.92 Å². The van der Waals surface area contributed by atoms with Crippen LogP contribution in [0.25, 0.3) is 10.2 Å². The number of rotatable bonds is 4. The van der Waals surface area contributed by atoms with E-state index in [2.05, 4.69) is 11.0 Å². The lowest BCUT2D eigenvalue weighted by molar-refractivity contribution is -0.159. The monoisotopic (exact) mass is 417 g/mol. The predicted molar refractivity (Wildman–Crippen MR) is 112 cm³/mol. The Labute approximate surface area is 174 Å². The van der Waals surface area contributed by atoms with Crippen LogP contribution in [0.5, 0.6) is 0 Å². The van der Waals surface area contributed by atoms with E-state index in [0.29, 0.717) is 19.6 Å². The molecule has 156 valence electrons. The summed E-state index contributed by atoms with van der Waals surface area (Å²) in [6, 6.07) is 8.05. The summed E-state index contributed by atoms with van der Waals surface area (Å²) in [4.78, 5) is 33.6. The van der Waals surface area contributed by atoms with Crippen molar-refractivity contribution in [2.45, 2.75) is 38.9 Å². The second-order valence-corrected chi connectivity index (χ2v) is 8.92. The summed E-state index contributed by atoms with van der Waals surface area (Å²) in [5, 5.41) is 0.941. The summed E-state index contributed by atoms with van der Waals surface area (Å²) in [5.74, 6) is -0.677. The number of hydrogen-bond acceptors (Lipinski definition) is 7. The maximum Gasteiger partial charge on any atom is 0.311 e. The van der Waals surface area contributed by atoms with E-state index >= 15 is 0 Å². The van der Waals surface area contributed by atoms with Crippen LogP contribution >= 0.6 is 11.3 Å². The minimum atomic E-state index is -0.293. The summed E-state index contributed by atoms with van der Waals surface area (Å²) in [5.41, 5.74) is 0.983. The van der Waals surface area contributed by atoms with Gasteiger partial charge < -0.3 is 19.3 Å². The first-order chi connectivity index (χ1) is 14.0. The molecule has 2 aliphatic rings. The van der Waals surface area contributed by atoms with Gasteiger partial charge in [-0.2, -0.15) is 0 Å². The first-order valence-electron chi connectivity index (χ1n) is 10.2. The molecule has 8 heteroatoms. The molecule has 1 aromatic heterocycles. The van der Waals surface area contributed by atoms with Crippen LogP contribution in [-0.4, -0.2) is 66.8 Å². The zero-order chi connectivity index (χ0) is 20.4. The third-order valence-corrected chi connectivity index (χ3v) is 6.52. The van der Waals surface area contributed by atoms with Crippen molar-refractivity contribution in [2.75, 3.05) is 37.7 Å². The quantitative estimate of drug-likeness (QED) is 0.713. The number of thiazole rings is 1. The van der Waals surface area contributed by atoms with Gasteiger partial charge in [-0.05, 0) is 38.8 Å². The molecule has 2 saturated heterocycles. The Morgan fingerprint density at radius 2 is 1.97 bits per heavy atom. The number of morpholine rings is 1. The lowest BCUT2D eigenvalue weighted by Gasteiger charge is -2.35. The molecule has 2 aromatic rings. The molecular weight excluding hydrogens is 390 g/mol. The first-order valence-corrected chi connectivity index (χ1v) is 11.0. The van der Waals surface area contributed by atoms with Crippen molar-refractivity contribution >= 4 is 38.6 Å². The van der Waals surface area contributed by atoms with Crippen LogP contribution in [0.2, 0.25) is 0 Å². The molecule has 2 aliphatic heterocycles. The number of esters is 1. The van der Waals surface area contributed by atoms with Crippen LogP contribution in [0, 0.1) is 5.92 Å². The number of fused-ring (bicyclic) bond motifs is 1. The fourth-order valence-electron chi connectivity index (χ4n) is 4.06. The van der Waals surface area contributed by atoms with Gasteiger partial charge in [-0.25, -0.2) is 4.98 Å². The van der Waals surface area contributed by atoms with Crippen LogP contribution in [0.4, 0.5) is 5.13 Å². The van der Waals surface area contributed by atoms with Crippen LogP contribution in [0.1, 0.15) is 26.7 Å². The van der Waals surface area contributed by atoms with Crippen molar-refractivity contribution in [1.29, 1.82) is 0 Å². The smallest absolute Gasteiger partial charge is 0.311 e. The molecule has 0 radical (unpaired) electrons. The molecule has 4 rings (SSSR count). The molecule has 1 aromatic carbocycles. The number of aromatic nitrogens is 1. The van der Waals surface area contributed by atoms with Gasteiger partial charge in [0.1, 0.15) is 0 Å². The summed E-state index contributed by atoms with van der Waals surface area (Å²) < 4.78 is 12.2. The van der Waals surface area contributed by atoms with E-state index in [1.54, 1.807) is 16.2 Å². The number of nitrogens with zero attached hydrogens (tertiary/aromatic N) is 3. The van der Waals surface area contributed by atoms with E-state index in [1.165, 1.54) is 0 Å². The zero-order valence-corrected chi connectivity index (χ0v) is 17.7. The van der Waals surface area contributed by atoms with Crippen LogP contribution in [0.15, 0.2) is 24.3 Å². The highest BCUT2D eigenvalue weighted by Gasteiger charge is 2.30. The fourth-order valence-corrected chi connectivity index (χ4v) is 5.06. The standard InChI is InChI=1S/C21H27N3O4S/c1-14-10-24(11-15(2)28-14)19(25)13-27-20(26)16-6-5-9-23(12-16)21-22-17-7-3-4-8-18(17)29-21/h3-4,7-8,14-16H,5-6,9-13H2,1-2H3/t14-,15-,16+/m1/s1. The molecule has 0 spiro atoms. The summed E-state index contributed by atoms with van der Waals surface area (Å²) in [6.45, 7) is 6.23. The Bertz CT molecular complexity index is 843. The number of piperidine rings is 1. The molecule has 3 atom stereocenters. The molecule has 0 bridgehead atoms. The predicted octanol–water partition coefficient (Wildman–Crippen LogP) is 2.69. The van der Waals surface area contributed by atoms with E-state index < -0.39 is 0 Å². The van der Waals surface area contributed by atoms with Crippen LogP contribution in [-0.2, 0) is 19.1 Å². The SMILES string of the molecule is C[C@@H]1CN(C(=O)COC(=O)[C@H]2CCCN(c3nc4ccccc4s3)C2)C[C@@H](C)O1. The average Bonchev–Trinajstić information content (AvgIpc) is 3.15. The third kappa shape index (κ3) is 4.70. The van der Waals surface area contributed by atoms with Crippen molar-refractivity contribution in [3.05, 3.63) is 24.3 Å². The van der Waals surface area contributed by atoms with Crippen molar-refractivity contribution in [1.82, 2.24) is 9.88 Å². The molecule has 0 saturated carbocycles. The van der Waals surface area contributed by atoms with E-state index in [-0.39, 0.29) is 36.6 Å². The van der Waals surface area contributed by atoms with Crippen molar-refractivity contribution in [3.8, 4) is 0 Å². The van der Waals surface area contributed by atoms with Gasteiger partial charge in [-0.15, -0.1) is 0 Å². The maximum atomic E-state index is 12.6. The van der Waals surface area contributed by atoms with E-state index in [0.717, 1.165) is 34.7 Å². The third-order valence-electron chi connectivity index (χ3n) is 5.42. The van der Waals surface area contributed by atoms with Gasteiger partial charge in [0.15, 0.2) is 11.7 Å². The zero-order valence-electron chi connectivity index (χ0n) is 16.9. The summed E-state index contributed by atoms with van der Waals surface area (Å²) in [7, 11) is 0. The minimum absolute atomic E-state index is 0.000821. The van der Waals surface area contributed by atoms with Gasteiger partial charge in [0, 0.05) is 26.2 Å². The van der Waals surface area contributed by atoms with E-state index in [9.17, 15) is 9.59 Å². The van der Waals surface area contributed by atoms with Gasteiger partial charge in [0.05, 0.1) is 28.3 Å². The Balaban J connectivity index is 1.32. The number of ether oxygens (including phenoxy) is 2. The molecule has 0 unspecified atom stereocenters. The van der Waals surface area contributed by atoms with Gasteiger partial charge in [0.2, 0.25) is 0 Å². The minimum Gasteiger partial charge on any atom is -0.455 e. The fraction of sp³-hybridized carbons (Fsp3) is 0.571. The van der Waals surface area contributed by atoms with Crippen LogP contribution in [0.3, 0.4) is 0 Å². The number of amides is 1. The number of hydrogen-bond donors (Lipinski definition) is 0. The summed E-state index contributed by atoms with van der Waals surface area (Å²) >= 11 is 1.65. The highest BCUT2D eigenvalue weighted by atomic mass is 32.1. The van der Waals surface area contributed by atoms with Gasteiger partial charge in [-0.3, -0.25) is 9.59 Å². The highest BCUT2D eigenvalue weighted by Crippen LogP contribution is 2.31. The van der Waals surface area contributed by atoms with Crippen molar-refractivity contribution in [3.63, 3.8) is 0 Å². The number of benzene rings is 1. The second kappa shape index (κ2) is 8.67. The summed E-state index contributed by atoms with van der Waals surface area (Å²) in [6.07, 6.45) is 1.68. The van der Waals surface area contributed by atoms with E-state index in [1.807, 2.05) is 32.0 Å². The highest BCUT2D eigenvalue weighted by molar-refractivity contribution is 7.22. The van der Waals surface area contributed by atoms with Crippen LogP contribution < -0.4 is 4.90 Å². The topological polar surface area (TPSA) is 72.0 Å². The second-order valence-electron chi connectivity index (χ2n) is 7.91. The molecule has 2 fully saturated rings. The Hall–Kier alpha value is -2.19. The number of para-hydroxylation sites is 1. The number of carbonyl (C=O) groups excluding carboxylic acids is 2. The molecule has 3 heterocycles. The normalized spacial score (nSPS) is 25.2. The van der Waals surface area contributed by atoms with Gasteiger partial charge in [-0.1, -0.05) is 23.5 Å². The van der Waals surface area contributed by atoms with Crippen molar-refractivity contribution < 1.29 is 19.1 Å².